The van der Waals surface area contributed by atoms with Crippen LogP contribution in [0.5, 0.6) is 0 Å². The summed E-state index contributed by atoms with van der Waals surface area (Å²) in [7, 11) is 0. The average Bonchev–Trinajstić information content (AvgIpc) is 3.06. The van der Waals surface area contributed by atoms with Crippen LogP contribution in [0.2, 0.25) is 0 Å². The lowest BCUT2D eigenvalue weighted by molar-refractivity contribution is -0.305. The van der Waals surface area contributed by atoms with Crippen molar-refractivity contribution < 1.29 is 9.90 Å². The molecular formula is C16H17N4O2S-. The number of fused-ring (bicyclic) bond motifs is 5. The summed E-state index contributed by atoms with van der Waals surface area (Å²) in [6.45, 7) is 4.17. The Labute approximate surface area is 137 Å². The zero-order valence-corrected chi connectivity index (χ0v) is 13.9. The lowest BCUT2D eigenvalue weighted by Crippen LogP contribution is -2.22. The van der Waals surface area contributed by atoms with Gasteiger partial charge >= 0.3 is 0 Å². The summed E-state index contributed by atoms with van der Waals surface area (Å²) < 4.78 is 1.75. The number of carbonyl (C=O) groups excluding carboxylic acids is 1. The van der Waals surface area contributed by atoms with Crippen LogP contribution in [0.15, 0.2) is 0 Å². The first-order chi connectivity index (χ1) is 11.0. The topological polar surface area (TPSA) is 83.2 Å². The van der Waals surface area contributed by atoms with Gasteiger partial charge in [0.1, 0.15) is 10.7 Å². The fourth-order valence-corrected chi connectivity index (χ4v) is 4.82. The third-order valence-corrected chi connectivity index (χ3v) is 5.69. The highest BCUT2D eigenvalue weighted by atomic mass is 32.1. The van der Waals surface area contributed by atoms with Gasteiger partial charge in [-0.25, -0.2) is 9.97 Å². The van der Waals surface area contributed by atoms with Gasteiger partial charge in [0.2, 0.25) is 0 Å². The molecule has 3 aromatic heterocycles. The van der Waals surface area contributed by atoms with Crippen molar-refractivity contribution in [3.63, 3.8) is 0 Å². The largest absolute Gasteiger partial charge is 0.550 e. The number of aliphatic carboxylic acids is 1. The zero-order chi connectivity index (χ0) is 16.1. The highest BCUT2D eigenvalue weighted by Gasteiger charge is 2.25. The van der Waals surface area contributed by atoms with Gasteiger partial charge < -0.3 is 9.90 Å². The molecule has 0 aliphatic heterocycles. The van der Waals surface area contributed by atoms with Crippen LogP contribution in [0.3, 0.4) is 0 Å². The summed E-state index contributed by atoms with van der Waals surface area (Å²) in [6.07, 6.45) is 3.74. The number of nitrogens with zero attached hydrogens (tertiary/aromatic N) is 4. The number of carbonyl (C=O) groups is 1. The second kappa shape index (κ2) is 5.26. The summed E-state index contributed by atoms with van der Waals surface area (Å²) in [6, 6.07) is 0. The van der Waals surface area contributed by atoms with Gasteiger partial charge in [-0.2, -0.15) is 4.52 Å². The number of thiophene rings is 1. The Morgan fingerprint density at radius 2 is 2.26 bits per heavy atom. The predicted octanol–water partition coefficient (Wildman–Crippen LogP) is 1.77. The fraction of sp³-hybridized carbons (Fsp3) is 0.500. The molecular weight excluding hydrogens is 312 g/mol. The molecule has 0 amide bonds. The Morgan fingerprint density at radius 1 is 1.43 bits per heavy atom. The molecule has 1 atom stereocenters. The molecule has 3 aromatic rings. The van der Waals surface area contributed by atoms with Crippen molar-refractivity contribution >= 4 is 33.2 Å². The normalized spacial score (nSPS) is 17.7. The summed E-state index contributed by atoms with van der Waals surface area (Å²) in [5, 5.41) is 16.2. The van der Waals surface area contributed by atoms with Crippen LogP contribution in [-0.4, -0.2) is 25.6 Å². The molecule has 0 saturated heterocycles. The first kappa shape index (κ1) is 14.6. The fourth-order valence-electron chi connectivity index (χ4n) is 3.45. The van der Waals surface area contributed by atoms with Gasteiger partial charge in [0, 0.05) is 17.3 Å². The van der Waals surface area contributed by atoms with Crippen molar-refractivity contribution in [1.29, 1.82) is 0 Å². The summed E-state index contributed by atoms with van der Waals surface area (Å²) in [5.74, 6) is 0.746. The Hall–Kier alpha value is -2.02. The van der Waals surface area contributed by atoms with Crippen LogP contribution in [0, 0.1) is 6.92 Å². The van der Waals surface area contributed by atoms with E-state index in [0.29, 0.717) is 11.7 Å². The molecule has 1 aliphatic carbocycles. The van der Waals surface area contributed by atoms with Crippen LogP contribution < -0.4 is 5.11 Å². The van der Waals surface area contributed by atoms with Crippen LogP contribution in [0.25, 0.3) is 15.9 Å². The van der Waals surface area contributed by atoms with E-state index in [1.807, 2.05) is 6.92 Å². The van der Waals surface area contributed by atoms with E-state index in [4.69, 9.17) is 4.98 Å². The first-order valence-corrected chi connectivity index (χ1v) is 8.73. The third-order valence-electron chi connectivity index (χ3n) is 4.53. The van der Waals surface area contributed by atoms with Crippen molar-refractivity contribution in [3.05, 3.63) is 22.1 Å². The molecule has 0 bridgehead atoms. The summed E-state index contributed by atoms with van der Waals surface area (Å²) in [4.78, 5) is 22.4. The number of aromatic nitrogens is 4. The Kier molecular flexibility index (Phi) is 3.33. The molecule has 4 rings (SSSR count). The van der Waals surface area contributed by atoms with E-state index >= 15 is 0 Å². The number of aryl methyl sites for hydroxylation is 3. The molecule has 0 saturated carbocycles. The molecule has 0 aromatic carbocycles. The number of rotatable bonds is 3. The average molecular weight is 329 g/mol. The van der Waals surface area contributed by atoms with Crippen LogP contribution >= 0.6 is 11.3 Å². The van der Waals surface area contributed by atoms with Crippen molar-refractivity contribution in [2.45, 2.75) is 51.9 Å². The Balaban J connectivity index is 1.95. The van der Waals surface area contributed by atoms with Crippen LogP contribution in [-0.2, 0) is 17.6 Å². The third kappa shape index (κ3) is 2.30. The highest BCUT2D eigenvalue weighted by molar-refractivity contribution is 7.19. The van der Waals surface area contributed by atoms with Gasteiger partial charge in [0.15, 0.2) is 11.5 Å². The van der Waals surface area contributed by atoms with Crippen LogP contribution in [0.1, 0.15) is 54.2 Å². The molecule has 0 unspecified atom stereocenters. The summed E-state index contributed by atoms with van der Waals surface area (Å²) >= 11 is 1.76. The minimum atomic E-state index is -1.08. The molecule has 0 fully saturated rings. The molecule has 0 N–H and O–H groups in total. The van der Waals surface area contributed by atoms with E-state index in [1.54, 1.807) is 15.9 Å². The molecule has 23 heavy (non-hydrogen) atoms. The number of hydrogen-bond donors (Lipinski definition) is 0. The van der Waals surface area contributed by atoms with E-state index in [2.05, 4.69) is 17.0 Å². The molecule has 0 spiro atoms. The summed E-state index contributed by atoms with van der Waals surface area (Å²) in [5.41, 5.74) is 2.18. The monoisotopic (exact) mass is 329 g/mol. The van der Waals surface area contributed by atoms with Gasteiger partial charge in [-0.1, -0.05) is 6.92 Å². The van der Waals surface area contributed by atoms with Gasteiger partial charge in [-0.15, -0.1) is 16.4 Å². The number of carboxylic acids is 1. The van der Waals surface area contributed by atoms with E-state index in [-0.39, 0.29) is 12.8 Å². The van der Waals surface area contributed by atoms with Crippen molar-refractivity contribution in [2.75, 3.05) is 0 Å². The minimum Gasteiger partial charge on any atom is -0.550 e. The van der Waals surface area contributed by atoms with Gasteiger partial charge in [0.05, 0.1) is 5.39 Å². The van der Waals surface area contributed by atoms with Crippen molar-refractivity contribution in [2.24, 2.45) is 0 Å². The van der Waals surface area contributed by atoms with Crippen molar-refractivity contribution in [3.8, 4) is 0 Å². The quantitative estimate of drug-likeness (QED) is 0.731. The SMILES string of the molecule is Cc1nc2sc3c(c2c2nc(CCC(=O)[O-])nn12)[C@@H](C)CCC3. The maximum atomic E-state index is 10.7. The maximum Gasteiger partial charge on any atom is 0.168 e. The number of hydrogen-bond acceptors (Lipinski definition) is 6. The van der Waals surface area contributed by atoms with E-state index in [0.717, 1.165) is 28.1 Å². The molecule has 120 valence electrons. The van der Waals surface area contributed by atoms with E-state index in [9.17, 15) is 9.90 Å². The minimum absolute atomic E-state index is 0.0648. The van der Waals surface area contributed by atoms with E-state index < -0.39 is 5.97 Å². The highest BCUT2D eigenvalue weighted by Crippen LogP contribution is 2.42. The smallest absolute Gasteiger partial charge is 0.168 e. The Morgan fingerprint density at radius 3 is 3.04 bits per heavy atom. The molecule has 1 aliphatic rings. The number of carboxylic acid groups (broad SMARTS) is 1. The molecule has 3 heterocycles. The first-order valence-electron chi connectivity index (χ1n) is 7.92. The van der Waals surface area contributed by atoms with Crippen molar-refractivity contribution in [1.82, 2.24) is 19.6 Å². The molecule has 0 radical (unpaired) electrons. The second-order valence-electron chi connectivity index (χ2n) is 6.21. The van der Waals surface area contributed by atoms with E-state index in [1.165, 1.54) is 23.3 Å². The van der Waals surface area contributed by atoms with Gasteiger partial charge in [0.25, 0.3) is 0 Å². The van der Waals surface area contributed by atoms with Gasteiger partial charge in [-0.3, -0.25) is 0 Å². The lowest BCUT2D eigenvalue weighted by atomic mass is 9.87. The predicted molar refractivity (Wildman–Crippen MR) is 85.6 cm³/mol. The lowest BCUT2D eigenvalue weighted by Gasteiger charge is -2.18. The maximum absolute atomic E-state index is 10.7. The Bertz CT molecular complexity index is 927. The van der Waals surface area contributed by atoms with Crippen LogP contribution in [0.4, 0.5) is 0 Å². The standard InChI is InChI=1S/C16H18N4O2S/c1-8-4-3-5-10-13(8)14-15-18-11(6-7-12(21)22)19-20(15)9(2)17-16(14)23-10/h8H,3-7H2,1-2H3,(H,21,22)/p-1/t8-/m0/s1. The van der Waals surface area contributed by atoms with Gasteiger partial charge in [-0.05, 0) is 44.1 Å². The molecule has 6 nitrogen and oxygen atoms in total. The molecule has 7 heteroatoms. The zero-order valence-electron chi connectivity index (χ0n) is 13.1. The second-order valence-corrected chi connectivity index (χ2v) is 7.29.